The van der Waals surface area contributed by atoms with Gasteiger partial charge in [0.2, 0.25) is 0 Å². The Morgan fingerprint density at radius 1 is 1.10 bits per heavy atom. The number of hydrogen-bond donors (Lipinski definition) is 1. The van der Waals surface area contributed by atoms with Crippen LogP contribution in [-0.4, -0.2) is 15.9 Å². The Morgan fingerprint density at radius 3 is 2.31 bits per heavy atom. The second-order valence-corrected chi connectivity index (χ2v) is 7.99. The number of benzene rings is 2. The number of rotatable bonds is 2. The van der Waals surface area contributed by atoms with Gasteiger partial charge in [-0.15, -0.1) is 34.9 Å². The maximum atomic E-state index is 10.0. The van der Waals surface area contributed by atoms with Gasteiger partial charge in [0.25, 0.3) is 0 Å². The third-order valence-corrected chi connectivity index (χ3v) is 4.21. The summed E-state index contributed by atoms with van der Waals surface area (Å²) in [5.74, 6) is -0.0625. The van der Waals surface area contributed by atoms with Crippen molar-refractivity contribution < 1.29 is 30.0 Å². The third kappa shape index (κ3) is 7.23. The molecular weight excluding hydrogens is 538 g/mol. The molecule has 29 heavy (non-hydrogen) atoms. The van der Waals surface area contributed by atoms with Gasteiger partial charge in [0.05, 0.1) is 5.76 Å². The normalized spacial score (nSPS) is 11.3. The maximum Gasteiger partial charge on any atom is 0.155 e. The van der Waals surface area contributed by atoms with Gasteiger partial charge >= 0.3 is 0 Å². The van der Waals surface area contributed by atoms with Crippen LogP contribution in [0.2, 0.25) is 0 Å². The van der Waals surface area contributed by atoms with Gasteiger partial charge in [-0.05, 0) is 41.8 Å². The van der Waals surface area contributed by atoms with Crippen molar-refractivity contribution >= 4 is 16.6 Å². The van der Waals surface area contributed by atoms with E-state index < -0.39 is 0 Å². The second-order valence-electron chi connectivity index (χ2n) is 7.99. The average Bonchev–Trinajstić information content (AvgIpc) is 2.59. The molecule has 1 N–H and O–H groups in total. The number of pyridine rings is 1. The van der Waals surface area contributed by atoms with E-state index in [1.165, 1.54) is 36.3 Å². The molecular formula is C25H28IrNO2-. The molecule has 3 nitrogen and oxygen atoms in total. The first-order chi connectivity index (χ1) is 13.1. The van der Waals surface area contributed by atoms with Crippen molar-refractivity contribution in [3.8, 4) is 11.3 Å². The van der Waals surface area contributed by atoms with E-state index in [4.69, 9.17) is 5.11 Å². The van der Waals surface area contributed by atoms with E-state index in [1.54, 1.807) is 0 Å². The quantitative estimate of drug-likeness (QED) is 0.224. The largest absolute Gasteiger partial charge is 0.512 e. The molecule has 0 fully saturated rings. The number of nitrogens with zero attached hydrogens (tertiary/aromatic N) is 1. The molecule has 0 saturated carbocycles. The molecule has 0 bridgehead atoms. The van der Waals surface area contributed by atoms with Crippen molar-refractivity contribution in [3.05, 3.63) is 77.7 Å². The van der Waals surface area contributed by atoms with Crippen LogP contribution in [0.1, 0.15) is 45.7 Å². The number of fused-ring (bicyclic) bond motifs is 1. The van der Waals surface area contributed by atoms with Crippen LogP contribution in [0.3, 0.4) is 0 Å². The number of carbonyl (C=O) groups excluding carboxylic acids is 1. The first-order valence-electron chi connectivity index (χ1n) is 9.34. The number of aliphatic hydroxyl groups is 1. The summed E-state index contributed by atoms with van der Waals surface area (Å²) in [7, 11) is 0. The van der Waals surface area contributed by atoms with Crippen LogP contribution in [-0.2, 0) is 30.3 Å². The predicted octanol–water partition coefficient (Wildman–Crippen LogP) is 6.34. The summed E-state index contributed by atoms with van der Waals surface area (Å²) in [4.78, 5) is 14.6. The summed E-state index contributed by atoms with van der Waals surface area (Å²) in [6.45, 7) is 11.7. The second kappa shape index (κ2) is 10.5. The van der Waals surface area contributed by atoms with Crippen LogP contribution in [0.25, 0.3) is 22.0 Å². The molecule has 3 aromatic rings. The maximum absolute atomic E-state index is 10.0. The molecule has 1 aromatic heterocycles. The van der Waals surface area contributed by atoms with Crippen molar-refractivity contribution in [3.63, 3.8) is 0 Å². The molecule has 0 saturated heterocycles. The number of aryl methyl sites for hydroxylation is 1. The standard InChI is InChI=1S/C20H20N.C5H8O2.Ir/c1-14-11-16(13-17(12-14)20(2,3)4)19-18-8-6-5-7-15(18)9-10-21-19;1-4(6)3-5(2)7;/h5-10,12-13H,1-4H3;3,6H,1-2H3;/q-1;;/b;4-3-;. The Hall–Kier alpha value is -2.29. The molecule has 3 rings (SSSR count). The molecule has 1 heterocycles. The summed E-state index contributed by atoms with van der Waals surface area (Å²) < 4.78 is 0. The monoisotopic (exact) mass is 567 g/mol. The van der Waals surface area contributed by atoms with Crippen molar-refractivity contribution in [2.45, 2.75) is 47.0 Å². The number of allylic oxidation sites excluding steroid dienone is 2. The van der Waals surface area contributed by atoms with E-state index in [9.17, 15) is 4.79 Å². The fourth-order valence-corrected chi connectivity index (χ4v) is 2.90. The Labute approximate surface area is 187 Å². The Balaban J connectivity index is 0.000000456. The van der Waals surface area contributed by atoms with Gasteiger partial charge in [0, 0.05) is 32.4 Å². The van der Waals surface area contributed by atoms with E-state index >= 15 is 0 Å². The van der Waals surface area contributed by atoms with Crippen LogP contribution >= 0.6 is 0 Å². The van der Waals surface area contributed by atoms with Crippen molar-refractivity contribution in [2.75, 3.05) is 0 Å². The zero-order valence-electron chi connectivity index (χ0n) is 17.8. The van der Waals surface area contributed by atoms with Crippen molar-refractivity contribution in [1.29, 1.82) is 0 Å². The smallest absolute Gasteiger partial charge is 0.155 e. The molecule has 0 amide bonds. The molecule has 1 radical (unpaired) electrons. The predicted molar refractivity (Wildman–Crippen MR) is 117 cm³/mol. The van der Waals surface area contributed by atoms with Crippen LogP contribution in [0.15, 0.2) is 60.5 Å². The van der Waals surface area contributed by atoms with Crippen LogP contribution < -0.4 is 0 Å². The zero-order valence-corrected chi connectivity index (χ0v) is 20.2. The summed E-state index contributed by atoms with van der Waals surface area (Å²) >= 11 is 0. The first-order valence-corrected chi connectivity index (χ1v) is 9.34. The van der Waals surface area contributed by atoms with Gasteiger partial charge < -0.3 is 10.1 Å². The molecule has 0 aliphatic rings. The third-order valence-electron chi connectivity index (χ3n) is 4.21. The molecule has 4 heteroatoms. The van der Waals surface area contributed by atoms with Gasteiger partial charge in [-0.25, -0.2) is 0 Å². The molecule has 0 unspecified atom stereocenters. The van der Waals surface area contributed by atoms with Gasteiger partial charge in [-0.2, -0.15) is 0 Å². The summed E-state index contributed by atoms with van der Waals surface area (Å²) in [5.41, 5.74) is 4.70. The number of aromatic nitrogens is 1. The molecule has 0 aliphatic heterocycles. The summed E-state index contributed by atoms with van der Waals surface area (Å²) in [5, 5.41) is 10.8. The molecule has 0 aliphatic carbocycles. The number of hydrogen-bond acceptors (Lipinski definition) is 3. The summed E-state index contributed by atoms with van der Waals surface area (Å²) in [6.07, 6.45) is 3.05. The van der Waals surface area contributed by atoms with Crippen LogP contribution in [0, 0.1) is 13.0 Å². The Kier molecular flexibility index (Phi) is 8.94. The average molecular weight is 567 g/mol. The fraction of sp³-hybridized carbons (Fsp3) is 0.280. The Morgan fingerprint density at radius 2 is 1.76 bits per heavy atom. The summed E-state index contributed by atoms with van der Waals surface area (Å²) in [6, 6.07) is 18.3. The SMILES string of the molecule is CC(=O)/C=C(/C)O.Cc1[c-]c(-c2nccc3ccccc23)cc(C(C)(C)C)c1.[Ir]. The number of ketones is 1. The number of carbonyl (C=O) groups is 1. The molecule has 2 aromatic carbocycles. The minimum atomic E-state index is -0.125. The minimum Gasteiger partial charge on any atom is -0.512 e. The van der Waals surface area contributed by atoms with Gasteiger partial charge in [-0.1, -0.05) is 52.0 Å². The molecule has 0 spiro atoms. The number of aliphatic hydroxyl groups excluding tert-OH is 1. The van der Waals surface area contributed by atoms with E-state index in [0.717, 1.165) is 16.8 Å². The topological polar surface area (TPSA) is 50.2 Å². The first kappa shape index (κ1) is 24.7. The van der Waals surface area contributed by atoms with Crippen LogP contribution in [0.5, 0.6) is 0 Å². The van der Waals surface area contributed by atoms with E-state index in [1.807, 2.05) is 6.20 Å². The van der Waals surface area contributed by atoms with Crippen LogP contribution in [0.4, 0.5) is 0 Å². The minimum absolute atomic E-state index is 0. The van der Waals surface area contributed by atoms with Gasteiger partial charge in [-0.3, -0.25) is 4.79 Å². The van der Waals surface area contributed by atoms with E-state index in [2.05, 4.69) is 81.2 Å². The van der Waals surface area contributed by atoms with Crippen molar-refractivity contribution in [2.24, 2.45) is 0 Å². The van der Waals surface area contributed by atoms with Crippen molar-refractivity contribution in [1.82, 2.24) is 4.98 Å². The fourth-order valence-electron chi connectivity index (χ4n) is 2.90. The molecule has 0 atom stereocenters. The van der Waals surface area contributed by atoms with E-state index in [0.29, 0.717) is 0 Å². The molecule has 155 valence electrons. The van der Waals surface area contributed by atoms with E-state index in [-0.39, 0.29) is 37.1 Å². The van der Waals surface area contributed by atoms with Gasteiger partial charge in [0.15, 0.2) is 5.78 Å². The van der Waals surface area contributed by atoms with Gasteiger partial charge in [0.1, 0.15) is 0 Å². The zero-order chi connectivity index (χ0) is 20.9. The Bertz CT molecular complexity index is 1010.